The highest BCUT2D eigenvalue weighted by atomic mass is 35.5. The van der Waals surface area contributed by atoms with E-state index in [9.17, 15) is 22.8 Å². The molecule has 1 amide bonds. The van der Waals surface area contributed by atoms with Gasteiger partial charge in [0, 0.05) is 11.1 Å². The second kappa shape index (κ2) is 7.24. The Morgan fingerprint density at radius 1 is 1.31 bits per heavy atom. The summed E-state index contributed by atoms with van der Waals surface area (Å²) in [7, 11) is 0. The lowest BCUT2D eigenvalue weighted by atomic mass is 10.2. The fourth-order valence-corrected chi connectivity index (χ4v) is 3.85. The molecule has 10 heteroatoms. The smallest absolute Gasteiger partial charge is 0.417 e. The van der Waals surface area contributed by atoms with E-state index in [4.69, 9.17) is 16.3 Å². The molecule has 0 aromatic carbocycles. The van der Waals surface area contributed by atoms with Gasteiger partial charge in [-0.2, -0.15) is 13.2 Å². The van der Waals surface area contributed by atoms with Gasteiger partial charge in [-0.1, -0.05) is 11.6 Å². The van der Waals surface area contributed by atoms with Gasteiger partial charge in [-0.15, -0.1) is 11.3 Å². The molecule has 1 aliphatic rings. The van der Waals surface area contributed by atoms with Crippen molar-refractivity contribution in [2.45, 2.75) is 25.4 Å². The lowest BCUT2D eigenvalue weighted by molar-refractivity contribution is -0.137. The molecule has 0 aliphatic heterocycles. The number of anilines is 1. The van der Waals surface area contributed by atoms with Gasteiger partial charge in [0.1, 0.15) is 4.88 Å². The molecule has 0 unspecified atom stereocenters. The number of alkyl halides is 3. The van der Waals surface area contributed by atoms with Gasteiger partial charge in [-0.25, -0.2) is 9.78 Å². The average Bonchev–Trinajstić information content (AvgIpc) is 3.15. The second-order valence-corrected chi connectivity index (χ2v) is 7.13. The van der Waals surface area contributed by atoms with Gasteiger partial charge in [0.15, 0.2) is 12.4 Å². The standard InChI is InChI=1S/C16H12ClF3N2O3S/c17-10-5-9(16(18,19)20)6-21-14(10)22-13(23)7-25-15(24)12-4-8-2-1-3-11(8)26-12/h4-6H,1-3,7H2,(H,21,22,23). The van der Waals surface area contributed by atoms with Gasteiger partial charge >= 0.3 is 12.1 Å². The molecule has 2 aromatic heterocycles. The number of pyridine rings is 1. The molecule has 0 saturated heterocycles. The molecule has 0 atom stereocenters. The summed E-state index contributed by atoms with van der Waals surface area (Å²) in [5, 5.41) is 1.84. The molecular formula is C16H12ClF3N2O3S. The van der Waals surface area contributed by atoms with Crippen molar-refractivity contribution in [3.63, 3.8) is 0 Å². The summed E-state index contributed by atoms with van der Waals surface area (Å²) >= 11 is 7.04. The number of thiophene rings is 1. The monoisotopic (exact) mass is 404 g/mol. The quantitative estimate of drug-likeness (QED) is 0.779. The Kier molecular flexibility index (Phi) is 5.19. The molecule has 0 spiro atoms. The van der Waals surface area contributed by atoms with Gasteiger partial charge in [0.25, 0.3) is 5.91 Å². The predicted octanol–water partition coefficient (Wildman–Crippen LogP) is 4.10. The van der Waals surface area contributed by atoms with Crippen molar-refractivity contribution in [3.05, 3.63) is 44.2 Å². The fourth-order valence-electron chi connectivity index (χ4n) is 2.48. The third-order valence-corrected chi connectivity index (χ3v) is 5.21. The number of nitrogens with zero attached hydrogens (tertiary/aromatic N) is 1. The van der Waals surface area contributed by atoms with Gasteiger partial charge in [0.2, 0.25) is 0 Å². The largest absolute Gasteiger partial charge is 0.451 e. The Morgan fingerprint density at radius 3 is 2.73 bits per heavy atom. The minimum absolute atomic E-state index is 0.240. The van der Waals surface area contributed by atoms with Crippen molar-refractivity contribution in [1.82, 2.24) is 4.98 Å². The minimum atomic E-state index is -4.59. The van der Waals surface area contributed by atoms with Crippen molar-refractivity contribution in [2.24, 2.45) is 0 Å². The SMILES string of the molecule is O=C(COC(=O)c1cc2c(s1)CCC2)Nc1ncc(C(F)(F)F)cc1Cl. The maximum atomic E-state index is 12.6. The number of esters is 1. The van der Waals surface area contributed by atoms with Crippen LogP contribution in [0.4, 0.5) is 19.0 Å². The van der Waals surface area contributed by atoms with E-state index >= 15 is 0 Å². The summed E-state index contributed by atoms with van der Waals surface area (Å²) in [5.41, 5.74) is 0.102. The minimum Gasteiger partial charge on any atom is -0.451 e. The number of amides is 1. The maximum Gasteiger partial charge on any atom is 0.417 e. The number of rotatable bonds is 4. The molecule has 26 heavy (non-hydrogen) atoms. The van der Waals surface area contributed by atoms with Crippen LogP contribution in [0.2, 0.25) is 5.02 Å². The zero-order chi connectivity index (χ0) is 18.9. The summed E-state index contributed by atoms with van der Waals surface area (Å²) in [5.74, 6) is -1.61. The summed E-state index contributed by atoms with van der Waals surface area (Å²) in [6, 6.07) is 2.42. The third-order valence-electron chi connectivity index (χ3n) is 3.71. The number of carbonyl (C=O) groups excluding carboxylic acids is 2. The number of aryl methyl sites for hydroxylation is 2. The highest BCUT2D eigenvalue weighted by molar-refractivity contribution is 7.14. The first-order valence-corrected chi connectivity index (χ1v) is 8.75. The summed E-state index contributed by atoms with van der Waals surface area (Å²) in [4.78, 5) is 28.8. The van der Waals surface area contributed by atoms with E-state index in [1.165, 1.54) is 11.3 Å². The van der Waals surface area contributed by atoms with Crippen LogP contribution in [-0.4, -0.2) is 23.5 Å². The summed E-state index contributed by atoms with van der Waals surface area (Å²) < 4.78 is 42.6. The summed E-state index contributed by atoms with van der Waals surface area (Å²) in [6.07, 6.45) is -1.10. The number of hydrogen-bond acceptors (Lipinski definition) is 5. The highest BCUT2D eigenvalue weighted by Gasteiger charge is 2.31. The number of halogens is 4. The van der Waals surface area contributed by atoms with E-state index in [-0.39, 0.29) is 10.8 Å². The van der Waals surface area contributed by atoms with Crippen LogP contribution in [0.15, 0.2) is 18.3 Å². The van der Waals surface area contributed by atoms with Crippen molar-refractivity contribution >= 4 is 40.6 Å². The number of nitrogens with one attached hydrogen (secondary N) is 1. The first-order valence-electron chi connectivity index (χ1n) is 7.55. The van der Waals surface area contributed by atoms with E-state index in [1.807, 2.05) is 0 Å². The first kappa shape index (κ1) is 18.7. The molecule has 0 bridgehead atoms. The molecule has 2 heterocycles. The van der Waals surface area contributed by atoms with Crippen LogP contribution in [0.25, 0.3) is 0 Å². The average molecular weight is 405 g/mol. The Labute approximate surface area is 155 Å². The molecule has 5 nitrogen and oxygen atoms in total. The first-order chi connectivity index (χ1) is 12.2. The van der Waals surface area contributed by atoms with E-state index < -0.39 is 30.2 Å². The third kappa shape index (κ3) is 4.16. The molecule has 0 saturated carbocycles. The van der Waals surface area contributed by atoms with Gasteiger partial charge in [-0.05, 0) is 37.0 Å². The molecule has 1 aliphatic carbocycles. The van der Waals surface area contributed by atoms with Gasteiger partial charge < -0.3 is 10.1 Å². The van der Waals surface area contributed by atoms with E-state index in [2.05, 4.69) is 10.3 Å². The molecule has 0 fully saturated rings. The molecule has 2 aromatic rings. The zero-order valence-electron chi connectivity index (χ0n) is 13.2. The van der Waals surface area contributed by atoms with Crippen LogP contribution in [0, 0.1) is 0 Å². The van der Waals surface area contributed by atoms with E-state index in [1.54, 1.807) is 6.07 Å². The van der Waals surface area contributed by atoms with Crippen LogP contribution in [0.3, 0.4) is 0 Å². The Morgan fingerprint density at radius 2 is 2.08 bits per heavy atom. The fraction of sp³-hybridized carbons (Fsp3) is 0.312. The Balaban J connectivity index is 1.56. The topological polar surface area (TPSA) is 68.3 Å². The van der Waals surface area contributed by atoms with Crippen LogP contribution < -0.4 is 5.32 Å². The molecule has 3 rings (SSSR count). The van der Waals surface area contributed by atoms with Crippen molar-refractivity contribution in [1.29, 1.82) is 0 Å². The Bertz CT molecular complexity index is 845. The number of carbonyl (C=O) groups is 2. The zero-order valence-corrected chi connectivity index (χ0v) is 14.7. The van der Waals surface area contributed by atoms with Gasteiger partial charge in [-0.3, -0.25) is 4.79 Å². The predicted molar refractivity (Wildman–Crippen MR) is 89.5 cm³/mol. The van der Waals surface area contributed by atoms with Crippen LogP contribution in [0.1, 0.15) is 32.1 Å². The molecular weight excluding hydrogens is 393 g/mol. The van der Waals surface area contributed by atoms with Crippen molar-refractivity contribution in [3.8, 4) is 0 Å². The Hall–Kier alpha value is -2.13. The van der Waals surface area contributed by atoms with Crippen LogP contribution in [-0.2, 0) is 28.5 Å². The van der Waals surface area contributed by atoms with Crippen LogP contribution >= 0.6 is 22.9 Å². The lowest BCUT2D eigenvalue weighted by Gasteiger charge is -2.10. The van der Waals surface area contributed by atoms with E-state index in [0.717, 1.165) is 29.7 Å². The maximum absolute atomic E-state index is 12.6. The summed E-state index contributed by atoms with van der Waals surface area (Å²) in [6.45, 7) is -0.597. The number of fused-ring (bicyclic) bond motifs is 1. The van der Waals surface area contributed by atoms with Gasteiger partial charge in [0.05, 0.1) is 10.6 Å². The van der Waals surface area contributed by atoms with E-state index in [0.29, 0.717) is 17.1 Å². The normalized spacial score (nSPS) is 13.4. The molecule has 0 radical (unpaired) electrons. The number of aromatic nitrogens is 1. The molecule has 138 valence electrons. The number of hydrogen-bond donors (Lipinski definition) is 1. The van der Waals surface area contributed by atoms with Crippen molar-refractivity contribution in [2.75, 3.05) is 11.9 Å². The lowest BCUT2D eigenvalue weighted by Crippen LogP contribution is -2.21. The molecule has 1 N–H and O–H groups in total. The van der Waals surface area contributed by atoms with Crippen LogP contribution in [0.5, 0.6) is 0 Å². The van der Waals surface area contributed by atoms with Crippen molar-refractivity contribution < 1.29 is 27.5 Å². The highest BCUT2D eigenvalue weighted by Crippen LogP contribution is 2.32. The second-order valence-electron chi connectivity index (χ2n) is 5.59. The number of ether oxygens (including phenoxy) is 1.